The topological polar surface area (TPSA) is 46.9 Å². The van der Waals surface area contributed by atoms with Gasteiger partial charge in [0.05, 0.1) is 29.8 Å². The van der Waals surface area contributed by atoms with Gasteiger partial charge in [-0.15, -0.1) is 0 Å². The van der Waals surface area contributed by atoms with Crippen molar-refractivity contribution in [3.63, 3.8) is 0 Å². The molecule has 0 fully saturated rings. The average Bonchev–Trinajstić information content (AvgIpc) is 2.99. The highest BCUT2D eigenvalue weighted by Crippen LogP contribution is 2.29. The quantitative estimate of drug-likeness (QED) is 0.738. The Morgan fingerprint density at radius 2 is 1.91 bits per heavy atom. The zero-order valence-corrected chi connectivity index (χ0v) is 11.6. The van der Waals surface area contributed by atoms with Gasteiger partial charge in [-0.05, 0) is 36.4 Å². The van der Waals surface area contributed by atoms with E-state index in [0.717, 1.165) is 17.1 Å². The van der Waals surface area contributed by atoms with Gasteiger partial charge in [-0.1, -0.05) is 12.1 Å². The summed E-state index contributed by atoms with van der Waals surface area (Å²) in [6.07, 6.45) is 1.69. The van der Waals surface area contributed by atoms with E-state index in [4.69, 9.17) is 0 Å². The normalized spacial score (nSPS) is 12.2. The van der Waals surface area contributed by atoms with E-state index in [-0.39, 0.29) is 11.6 Å². The van der Waals surface area contributed by atoms with E-state index in [1.165, 1.54) is 24.3 Å². The summed E-state index contributed by atoms with van der Waals surface area (Å²) in [6, 6.07) is 13.3. The van der Waals surface area contributed by atoms with Gasteiger partial charge in [0, 0.05) is 5.56 Å². The number of imidazole rings is 1. The molecule has 3 aromatic rings. The van der Waals surface area contributed by atoms with Crippen LogP contribution in [0.2, 0.25) is 0 Å². The lowest BCUT2D eigenvalue weighted by Gasteiger charge is -2.21. The number of ketones is 1. The SMILES string of the molecule is O=C(c1ccc(F)cc1)c1ncc2n1-c1ccccc1NC2. The molecule has 0 bridgehead atoms. The number of hydrogen-bond donors (Lipinski definition) is 1. The largest absolute Gasteiger partial charge is 0.378 e. The van der Waals surface area contributed by atoms with Crippen LogP contribution in [0.5, 0.6) is 0 Å². The molecule has 1 aliphatic rings. The van der Waals surface area contributed by atoms with Crippen molar-refractivity contribution >= 4 is 11.5 Å². The summed E-state index contributed by atoms with van der Waals surface area (Å²) >= 11 is 0. The van der Waals surface area contributed by atoms with E-state index in [9.17, 15) is 9.18 Å². The van der Waals surface area contributed by atoms with E-state index in [2.05, 4.69) is 10.3 Å². The van der Waals surface area contributed by atoms with Crippen LogP contribution in [0.1, 0.15) is 21.9 Å². The first-order chi connectivity index (χ1) is 10.7. The van der Waals surface area contributed by atoms with Gasteiger partial charge in [0.25, 0.3) is 0 Å². The lowest BCUT2D eigenvalue weighted by Crippen LogP contribution is -2.19. The number of para-hydroxylation sites is 2. The number of hydrogen-bond acceptors (Lipinski definition) is 3. The summed E-state index contributed by atoms with van der Waals surface area (Å²) < 4.78 is 14.9. The minimum atomic E-state index is -0.365. The van der Waals surface area contributed by atoms with Crippen LogP contribution in [0.25, 0.3) is 5.69 Å². The fourth-order valence-electron chi connectivity index (χ4n) is 2.68. The zero-order chi connectivity index (χ0) is 15.1. The number of aromatic nitrogens is 2. The fourth-order valence-corrected chi connectivity index (χ4v) is 2.68. The number of halogens is 1. The van der Waals surface area contributed by atoms with Gasteiger partial charge < -0.3 is 5.32 Å². The summed E-state index contributed by atoms with van der Waals surface area (Å²) in [5.74, 6) is -0.241. The molecule has 0 spiro atoms. The number of nitrogens with one attached hydrogen (secondary N) is 1. The van der Waals surface area contributed by atoms with E-state index < -0.39 is 0 Å². The maximum atomic E-state index is 13.0. The van der Waals surface area contributed by atoms with Crippen molar-refractivity contribution in [1.29, 1.82) is 0 Å². The Hall–Kier alpha value is -2.95. The van der Waals surface area contributed by atoms with Crippen molar-refractivity contribution in [2.75, 3.05) is 5.32 Å². The van der Waals surface area contributed by atoms with Crippen LogP contribution in [0.3, 0.4) is 0 Å². The molecule has 5 heteroatoms. The van der Waals surface area contributed by atoms with Crippen LogP contribution in [-0.4, -0.2) is 15.3 Å². The van der Waals surface area contributed by atoms with E-state index in [0.29, 0.717) is 17.9 Å². The molecule has 0 unspecified atom stereocenters. The highest BCUT2D eigenvalue weighted by molar-refractivity contribution is 6.07. The van der Waals surface area contributed by atoms with Gasteiger partial charge in [0.2, 0.25) is 5.78 Å². The molecule has 0 aliphatic carbocycles. The fraction of sp³-hybridized carbons (Fsp3) is 0.0588. The van der Waals surface area contributed by atoms with Gasteiger partial charge >= 0.3 is 0 Å². The molecule has 4 rings (SSSR count). The van der Waals surface area contributed by atoms with Gasteiger partial charge in [0.1, 0.15) is 5.82 Å². The first-order valence-electron chi connectivity index (χ1n) is 6.94. The minimum absolute atomic E-state index is 0.219. The predicted octanol–water partition coefficient (Wildman–Crippen LogP) is 3.17. The highest BCUT2D eigenvalue weighted by Gasteiger charge is 2.23. The monoisotopic (exact) mass is 293 g/mol. The first-order valence-corrected chi connectivity index (χ1v) is 6.94. The third-order valence-corrected chi connectivity index (χ3v) is 3.75. The molecule has 2 heterocycles. The second kappa shape index (κ2) is 4.80. The molecule has 1 N–H and O–H groups in total. The molecular weight excluding hydrogens is 281 g/mol. The van der Waals surface area contributed by atoms with Gasteiger partial charge in [-0.25, -0.2) is 9.37 Å². The maximum absolute atomic E-state index is 13.0. The Balaban J connectivity index is 1.84. The molecule has 108 valence electrons. The standard InChI is InChI=1S/C17H12FN3O/c18-12-7-5-11(6-8-12)16(22)17-20-10-13-9-19-14-3-1-2-4-15(14)21(13)17/h1-8,10,19H,9H2. The predicted molar refractivity (Wildman–Crippen MR) is 80.7 cm³/mol. The van der Waals surface area contributed by atoms with Crippen LogP contribution in [0.4, 0.5) is 10.1 Å². The highest BCUT2D eigenvalue weighted by atomic mass is 19.1. The molecule has 22 heavy (non-hydrogen) atoms. The molecule has 1 aromatic heterocycles. The Bertz CT molecular complexity index is 868. The number of nitrogens with zero attached hydrogens (tertiary/aromatic N) is 2. The van der Waals surface area contributed by atoms with E-state index in [1.807, 2.05) is 28.8 Å². The lowest BCUT2D eigenvalue weighted by atomic mass is 10.1. The number of carbonyl (C=O) groups is 1. The number of rotatable bonds is 2. The van der Waals surface area contributed by atoms with Gasteiger partial charge in [-0.2, -0.15) is 0 Å². The Kier molecular flexibility index (Phi) is 2.79. The van der Waals surface area contributed by atoms with Crippen molar-refractivity contribution in [3.8, 4) is 5.69 Å². The van der Waals surface area contributed by atoms with Crippen molar-refractivity contribution < 1.29 is 9.18 Å². The van der Waals surface area contributed by atoms with Gasteiger partial charge in [-0.3, -0.25) is 9.36 Å². The third kappa shape index (κ3) is 1.90. The van der Waals surface area contributed by atoms with Crippen LogP contribution in [0.15, 0.2) is 54.7 Å². The van der Waals surface area contributed by atoms with Crippen LogP contribution in [0, 0.1) is 5.82 Å². The van der Waals surface area contributed by atoms with E-state index in [1.54, 1.807) is 6.20 Å². The van der Waals surface area contributed by atoms with Gasteiger partial charge in [0.15, 0.2) is 5.82 Å². The summed E-state index contributed by atoms with van der Waals surface area (Å²) in [6.45, 7) is 0.612. The number of anilines is 1. The second-order valence-corrected chi connectivity index (χ2v) is 5.12. The van der Waals surface area contributed by atoms with Crippen molar-refractivity contribution in [2.24, 2.45) is 0 Å². The summed E-state index contributed by atoms with van der Waals surface area (Å²) in [5.41, 5.74) is 3.20. The summed E-state index contributed by atoms with van der Waals surface area (Å²) in [7, 11) is 0. The first kappa shape index (κ1) is 12.8. The third-order valence-electron chi connectivity index (χ3n) is 3.75. The summed E-state index contributed by atoms with van der Waals surface area (Å²) in [5, 5.41) is 3.30. The molecule has 0 radical (unpaired) electrons. The molecule has 0 atom stereocenters. The molecule has 1 aliphatic heterocycles. The van der Waals surface area contributed by atoms with Crippen molar-refractivity contribution in [1.82, 2.24) is 9.55 Å². The van der Waals surface area contributed by atoms with Crippen molar-refractivity contribution in [2.45, 2.75) is 6.54 Å². The molecule has 4 nitrogen and oxygen atoms in total. The maximum Gasteiger partial charge on any atom is 0.228 e. The molecule has 0 saturated carbocycles. The van der Waals surface area contributed by atoms with Crippen LogP contribution < -0.4 is 5.32 Å². The Morgan fingerprint density at radius 3 is 2.73 bits per heavy atom. The number of carbonyl (C=O) groups excluding carboxylic acids is 1. The Morgan fingerprint density at radius 1 is 1.14 bits per heavy atom. The average molecular weight is 293 g/mol. The molecule has 0 saturated heterocycles. The number of benzene rings is 2. The molecule has 2 aromatic carbocycles. The van der Waals surface area contributed by atoms with E-state index >= 15 is 0 Å². The molecular formula is C17H12FN3O. The van der Waals surface area contributed by atoms with Crippen LogP contribution in [-0.2, 0) is 6.54 Å². The molecule has 0 amide bonds. The summed E-state index contributed by atoms with van der Waals surface area (Å²) in [4.78, 5) is 16.9. The smallest absolute Gasteiger partial charge is 0.228 e. The number of fused-ring (bicyclic) bond motifs is 3. The second-order valence-electron chi connectivity index (χ2n) is 5.12. The minimum Gasteiger partial charge on any atom is -0.378 e. The van der Waals surface area contributed by atoms with Crippen LogP contribution >= 0.6 is 0 Å². The Labute approximate surface area is 126 Å². The zero-order valence-electron chi connectivity index (χ0n) is 11.6. The lowest BCUT2D eigenvalue weighted by molar-refractivity contribution is 0.102. The van der Waals surface area contributed by atoms with Crippen molar-refractivity contribution in [3.05, 3.63) is 77.6 Å².